The summed E-state index contributed by atoms with van der Waals surface area (Å²) in [5, 5.41) is 0. The lowest BCUT2D eigenvalue weighted by molar-refractivity contribution is -0.121. The number of hydrazine groups is 1. The van der Waals surface area contributed by atoms with Crippen LogP contribution < -0.4 is 15.6 Å². The van der Waals surface area contributed by atoms with Gasteiger partial charge in [0.2, 0.25) is 5.91 Å². The average Bonchev–Trinajstić information content (AvgIpc) is 3.01. The number of hydrogen-bond acceptors (Lipinski definition) is 5. The van der Waals surface area contributed by atoms with Crippen molar-refractivity contribution in [1.29, 1.82) is 0 Å². The largest absolute Gasteiger partial charge is 0.494 e. The summed E-state index contributed by atoms with van der Waals surface area (Å²) < 4.78 is 10.7. The van der Waals surface area contributed by atoms with Crippen molar-refractivity contribution in [3.05, 3.63) is 53.0 Å². The number of Topliss-reactive ketones (excluding diaryl/α,β-unsaturated/α-hetero) is 1. The van der Waals surface area contributed by atoms with Crippen molar-refractivity contribution in [3.63, 3.8) is 0 Å². The summed E-state index contributed by atoms with van der Waals surface area (Å²) in [5.41, 5.74) is 5.49. The van der Waals surface area contributed by atoms with Gasteiger partial charge in [0, 0.05) is 18.4 Å². The molecule has 0 atom stereocenters. The van der Waals surface area contributed by atoms with E-state index >= 15 is 0 Å². The number of carbonyl (C=O) groups is 3. The number of aryl methyl sites for hydroxylation is 2. The van der Waals surface area contributed by atoms with Crippen LogP contribution in [0.15, 0.2) is 34.7 Å². The Labute approximate surface area is 158 Å². The number of carbonyl (C=O) groups excluding carboxylic acids is 3. The highest BCUT2D eigenvalue weighted by Crippen LogP contribution is 2.15. The van der Waals surface area contributed by atoms with Crippen LogP contribution in [0.3, 0.4) is 0 Å². The van der Waals surface area contributed by atoms with Gasteiger partial charge in [0.25, 0.3) is 5.91 Å². The first-order valence-corrected chi connectivity index (χ1v) is 8.83. The summed E-state index contributed by atoms with van der Waals surface area (Å²) >= 11 is 0. The van der Waals surface area contributed by atoms with E-state index in [-0.39, 0.29) is 18.6 Å². The highest BCUT2D eigenvalue weighted by atomic mass is 16.5. The molecule has 144 valence electrons. The zero-order valence-electron chi connectivity index (χ0n) is 15.8. The normalized spacial score (nSPS) is 10.3. The Bertz CT molecular complexity index is 808. The number of furan rings is 1. The van der Waals surface area contributed by atoms with Crippen molar-refractivity contribution in [1.82, 2.24) is 10.9 Å². The van der Waals surface area contributed by atoms with Crippen LogP contribution in [0.25, 0.3) is 0 Å². The Hall–Kier alpha value is -3.09. The molecule has 1 aromatic carbocycles. The molecular formula is C20H24N2O5. The lowest BCUT2D eigenvalue weighted by atomic mass is 10.1. The Morgan fingerprint density at radius 3 is 2.33 bits per heavy atom. The van der Waals surface area contributed by atoms with Crippen LogP contribution in [0.2, 0.25) is 0 Å². The molecule has 0 unspecified atom stereocenters. The minimum Gasteiger partial charge on any atom is -0.494 e. The fourth-order valence-corrected chi connectivity index (χ4v) is 2.44. The predicted octanol–water partition coefficient (Wildman–Crippen LogP) is 3.11. The molecule has 0 saturated carbocycles. The van der Waals surface area contributed by atoms with Crippen molar-refractivity contribution in [2.75, 3.05) is 6.61 Å². The van der Waals surface area contributed by atoms with Gasteiger partial charge in [-0.3, -0.25) is 25.2 Å². The van der Waals surface area contributed by atoms with Gasteiger partial charge in [0.15, 0.2) is 5.78 Å². The number of hydrogen-bond donors (Lipinski definition) is 2. The topological polar surface area (TPSA) is 97.6 Å². The van der Waals surface area contributed by atoms with Crippen molar-refractivity contribution in [3.8, 4) is 5.75 Å². The zero-order valence-corrected chi connectivity index (χ0v) is 15.8. The summed E-state index contributed by atoms with van der Waals surface area (Å²) in [6.45, 7) is 6.04. The summed E-state index contributed by atoms with van der Waals surface area (Å²) in [7, 11) is 0. The second-order valence-electron chi connectivity index (χ2n) is 6.13. The smallest absolute Gasteiger partial charge is 0.273 e. The van der Waals surface area contributed by atoms with E-state index in [2.05, 4.69) is 10.9 Å². The fraction of sp³-hybridized carbons (Fsp3) is 0.350. The number of benzene rings is 1. The molecule has 7 nitrogen and oxygen atoms in total. The molecule has 0 aliphatic rings. The second-order valence-corrected chi connectivity index (χ2v) is 6.13. The van der Waals surface area contributed by atoms with Crippen LogP contribution in [0.1, 0.15) is 58.4 Å². The third-order valence-corrected chi connectivity index (χ3v) is 3.83. The SMILES string of the molecule is CCCOc1ccc(C(=O)CCC(=O)NNC(=O)c2cc(C)oc2C)cc1. The molecule has 0 radical (unpaired) electrons. The third kappa shape index (κ3) is 5.99. The predicted molar refractivity (Wildman–Crippen MR) is 99.6 cm³/mol. The number of rotatable bonds is 8. The minimum absolute atomic E-state index is 0.0312. The highest BCUT2D eigenvalue weighted by Gasteiger charge is 2.15. The van der Waals surface area contributed by atoms with E-state index < -0.39 is 11.8 Å². The molecule has 2 amide bonds. The molecule has 0 spiro atoms. The van der Waals surface area contributed by atoms with Gasteiger partial charge in [-0.15, -0.1) is 0 Å². The fourth-order valence-electron chi connectivity index (χ4n) is 2.44. The van der Waals surface area contributed by atoms with E-state index in [1.165, 1.54) is 0 Å². The molecule has 0 aliphatic carbocycles. The number of amides is 2. The van der Waals surface area contributed by atoms with Crippen LogP contribution in [0.5, 0.6) is 5.75 Å². The van der Waals surface area contributed by atoms with Gasteiger partial charge >= 0.3 is 0 Å². The molecule has 1 heterocycles. The first-order chi connectivity index (χ1) is 12.9. The quantitative estimate of drug-likeness (QED) is 0.548. The van der Waals surface area contributed by atoms with Gasteiger partial charge in [-0.25, -0.2) is 0 Å². The monoisotopic (exact) mass is 372 g/mol. The van der Waals surface area contributed by atoms with E-state index in [1.807, 2.05) is 6.92 Å². The lowest BCUT2D eigenvalue weighted by Crippen LogP contribution is -2.41. The summed E-state index contributed by atoms with van der Waals surface area (Å²) in [6, 6.07) is 8.42. The maximum absolute atomic E-state index is 12.2. The van der Waals surface area contributed by atoms with Gasteiger partial charge < -0.3 is 9.15 Å². The van der Waals surface area contributed by atoms with Crippen LogP contribution in [0, 0.1) is 13.8 Å². The van der Waals surface area contributed by atoms with Crippen LogP contribution >= 0.6 is 0 Å². The molecule has 0 saturated heterocycles. The Morgan fingerprint density at radius 2 is 1.74 bits per heavy atom. The number of nitrogens with one attached hydrogen (secondary N) is 2. The van der Waals surface area contributed by atoms with Crippen molar-refractivity contribution >= 4 is 17.6 Å². The molecule has 2 aromatic rings. The Kier molecular flexibility index (Phi) is 7.16. The molecule has 7 heteroatoms. The lowest BCUT2D eigenvalue weighted by Gasteiger charge is -2.07. The van der Waals surface area contributed by atoms with Gasteiger partial charge in [0.1, 0.15) is 17.3 Å². The maximum atomic E-state index is 12.2. The van der Waals surface area contributed by atoms with Gasteiger partial charge in [-0.2, -0.15) is 0 Å². The molecule has 0 aliphatic heterocycles. The number of ether oxygens (including phenoxy) is 1. The molecule has 1 aromatic heterocycles. The van der Waals surface area contributed by atoms with Crippen molar-refractivity contribution < 1.29 is 23.5 Å². The van der Waals surface area contributed by atoms with E-state index in [9.17, 15) is 14.4 Å². The first kappa shape index (κ1) is 20.2. The van der Waals surface area contributed by atoms with E-state index in [1.54, 1.807) is 44.2 Å². The van der Waals surface area contributed by atoms with Gasteiger partial charge in [-0.1, -0.05) is 6.92 Å². The molecule has 2 rings (SSSR count). The standard InChI is InChI=1S/C20H24N2O5/c1-4-11-26-16-7-5-15(6-8-16)18(23)9-10-19(24)21-22-20(25)17-12-13(2)27-14(17)3/h5-8,12H,4,9-11H2,1-3H3,(H,21,24)(H,22,25). The third-order valence-electron chi connectivity index (χ3n) is 3.83. The first-order valence-electron chi connectivity index (χ1n) is 8.83. The van der Waals surface area contributed by atoms with E-state index in [0.717, 1.165) is 6.42 Å². The Balaban J connectivity index is 1.77. The zero-order chi connectivity index (χ0) is 19.8. The van der Waals surface area contributed by atoms with E-state index in [0.29, 0.717) is 35.0 Å². The molecule has 0 bridgehead atoms. The Morgan fingerprint density at radius 1 is 1.04 bits per heavy atom. The highest BCUT2D eigenvalue weighted by molar-refractivity contribution is 5.99. The summed E-state index contributed by atoms with van der Waals surface area (Å²) in [4.78, 5) is 36.0. The van der Waals surface area contributed by atoms with Crippen LogP contribution in [0.4, 0.5) is 0 Å². The molecule has 2 N–H and O–H groups in total. The summed E-state index contributed by atoms with van der Waals surface area (Å²) in [6.07, 6.45) is 0.920. The van der Waals surface area contributed by atoms with Crippen LogP contribution in [-0.4, -0.2) is 24.2 Å². The molecular weight excluding hydrogens is 348 g/mol. The van der Waals surface area contributed by atoms with Gasteiger partial charge in [-0.05, 0) is 50.6 Å². The molecule has 0 fully saturated rings. The van der Waals surface area contributed by atoms with Crippen molar-refractivity contribution in [2.45, 2.75) is 40.0 Å². The minimum atomic E-state index is -0.466. The summed E-state index contributed by atoms with van der Waals surface area (Å²) in [5.74, 6) is 0.726. The van der Waals surface area contributed by atoms with Gasteiger partial charge in [0.05, 0.1) is 12.2 Å². The van der Waals surface area contributed by atoms with Crippen LogP contribution in [-0.2, 0) is 4.79 Å². The van der Waals surface area contributed by atoms with Crippen molar-refractivity contribution in [2.24, 2.45) is 0 Å². The second kappa shape index (κ2) is 9.56. The number of ketones is 1. The van der Waals surface area contributed by atoms with E-state index in [4.69, 9.17) is 9.15 Å². The molecule has 27 heavy (non-hydrogen) atoms. The maximum Gasteiger partial charge on any atom is 0.273 e. The average molecular weight is 372 g/mol.